The molecule has 1 aromatic rings. The summed E-state index contributed by atoms with van der Waals surface area (Å²) >= 11 is 0. The number of carbonyl (C=O) groups is 2. The van der Waals surface area contributed by atoms with E-state index in [9.17, 15) is 14.7 Å². The van der Waals surface area contributed by atoms with Crippen molar-refractivity contribution in [3.05, 3.63) is 35.4 Å². The van der Waals surface area contributed by atoms with E-state index in [2.05, 4.69) is 5.32 Å². The first-order valence-electron chi connectivity index (χ1n) is 8.63. The topological polar surface area (TPSA) is 75.6 Å². The van der Waals surface area contributed by atoms with Crippen LogP contribution >= 0.6 is 0 Å². The van der Waals surface area contributed by atoms with Gasteiger partial charge in [0.05, 0.1) is 12.0 Å². The van der Waals surface area contributed by atoms with Gasteiger partial charge in [-0.25, -0.2) is 4.79 Å². The lowest BCUT2D eigenvalue weighted by molar-refractivity contribution is -0.121. The minimum atomic E-state index is -0.998. The van der Waals surface area contributed by atoms with Crippen molar-refractivity contribution in [3.63, 3.8) is 0 Å². The monoisotopic (exact) mass is 333 g/mol. The van der Waals surface area contributed by atoms with E-state index in [0.717, 1.165) is 19.3 Å². The lowest BCUT2D eigenvalue weighted by Crippen LogP contribution is -2.40. The second-order valence-corrected chi connectivity index (χ2v) is 6.72. The first-order chi connectivity index (χ1) is 11.6. The van der Waals surface area contributed by atoms with Gasteiger partial charge in [0.25, 0.3) is 0 Å². The van der Waals surface area contributed by atoms with E-state index in [-0.39, 0.29) is 23.3 Å². The van der Waals surface area contributed by atoms with Gasteiger partial charge >= 0.3 is 5.97 Å². The molecule has 1 fully saturated rings. The van der Waals surface area contributed by atoms with Gasteiger partial charge < -0.3 is 15.2 Å². The number of ether oxygens (including phenoxy) is 1. The molecule has 132 valence electrons. The van der Waals surface area contributed by atoms with Crippen LogP contribution in [0.25, 0.3) is 0 Å². The van der Waals surface area contributed by atoms with E-state index in [1.807, 2.05) is 0 Å². The lowest BCUT2D eigenvalue weighted by Gasteiger charge is -2.37. The Morgan fingerprint density at radius 3 is 2.58 bits per heavy atom. The van der Waals surface area contributed by atoms with Crippen molar-refractivity contribution in [1.29, 1.82) is 0 Å². The summed E-state index contributed by atoms with van der Waals surface area (Å²) in [6.45, 7) is 1.35. The lowest BCUT2D eigenvalue weighted by atomic mass is 9.72. The summed E-state index contributed by atoms with van der Waals surface area (Å²) in [6.07, 6.45) is 6.93. The number of hydrogen-bond acceptors (Lipinski definition) is 3. The first-order valence-corrected chi connectivity index (χ1v) is 8.63. The molecule has 2 rings (SSSR count). The third kappa shape index (κ3) is 5.06. The molecule has 2 N–H and O–H groups in total. The maximum Gasteiger partial charge on any atom is 0.335 e. The summed E-state index contributed by atoms with van der Waals surface area (Å²) in [4.78, 5) is 23.5. The van der Waals surface area contributed by atoms with Crippen molar-refractivity contribution >= 4 is 11.9 Å². The number of methoxy groups -OCH3 is 1. The normalized spacial score (nSPS) is 16.5. The van der Waals surface area contributed by atoms with E-state index in [0.29, 0.717) is 18.7 Å². The van der Waals surface area contributed by atoms with Gasteiger partial charge in [-0.2, -0.15) is 0 Å². The van der Waals surface area contributed by atoms with Gasteiger partial charge in [-0.15, -0.1) is 0 Å². The molecular weight excluding hydrogens is 306 g/mol. The number of rotatable bonds is 8. The minimum Gasteiger partial charge on any atom is -0.478 e. The van der Waals surface area contributed by atoms with Gasteiger partial charge in [-0.05, 0) is 36.3 Å². The van der Waals surface area contributed by atoms with E-state index in [1.165, 1.54) is 25.3 Å². The Morgan fingerprint density at radius 1 is 1.21 bits per heavy atom. The molecule has 24 heavy (non-hydrogen) atoms. The number of carboxylic acids is 1. The van der Waals surface area contributed by atoms with Gasteiger partial charge in [0.1, 0.15) is 0 Å². The fraction of sp³-hybridized carbons (Fsp3) is 0.579. The SMILES string of the molecule is COCCC1(CNC(=O)Cc2ccccc2C(=O)O)CCCCC1. The van der Waals surface area contributed by atoms with E-state index < -0.39 is 5.97 Å². The fourth-order valence-electron chi connectivity index (χ4n) is 3.54. The summed E-state index contributed by atoms with van der Waals surface area (Å²) in [5, 5.41) is 12.2. The molecule has 0 saturated heterocycles. The molecule has 0 aliphatic heterocycles. The molecule has 0 unspecified atom stereocenters. The predicted octanol–water partition coefficient (Wildman–Crippen LogP) is 3.03. The van der Waals surface area contributed by atoms with Gasteiger partial charge in [0.15, 0.2) is 0 Å². The number of benzene rings is 1. The van der Waals surface area contributed by atoms with E-state index in [4.69, 9.17) is 4.74 Å². The summed E-state index contributed by atoms with van der Waals surface area (Å²) < 4.78 is 5.24. The van der Waals surface area contributed by atoms with Crippen LogP contribution in [-0.2, 0) is 16.0 Å². The number of carbonyl (C=O) groups excluding carboxylic acids is 1. The van der Waals surface area contributed by atoms with Crippen molar-refractivity contribution in [2.24, 2.45) is 5.41 Å². The average Bonchev–Trinajstić information content (AvgIpc) is 2.59. The molecule has 5 nitrogen and oxygen atoms in total. The number of carboxylic acid groups (broad SMARTS) is 1. The van der Waals surface area contributed by atoms with Crippen LogP contribution in [0.3, 0.4) is 0 Å². The number of aromatic carboxylic acids is 1. The van der Waals surface area contributed by atoms with Crippen molar-refractivity contribution < 1.29 is 19.4 Å². The first kappa shape index (κ1) is 18.5. The van der Waals surface area contributed by atoms with Crippen LogP contribution in [0.15, 0.2) is 24.3 Å². The summed E-state index contributed by atoms with van der Waals surface area (Å²) in [5.41, 5.74) is 0.868. The fourth-order valence-corrected chi connectivity index (χ4v) is 3.54. The maximum absolute atomic E-state index is 12.3. The third-order valence-corrected chi connectivity index (χ3v) is 5.01. The smallest absolute Gasteiger partial charge is 0.335 e. The number of hydrogen-bond donors (Lipinski definition) is 2. The third-order valence-electron chi connectivity index (χ3n) is 5.01. The van der Waals surface area contributed by atoms with Crippen LogP contribution in [0.4, 0.5) is 0 Å². The Kier molecular flexibility index (Phi) is 6.79. The molecule has 0 atom stereocenters. The highest BCUT2D eigenvalue weighted by Gasteiger charge is 2.32. The molecule has 5 heteroatoms. The minimum absolute atomic E-state index is 0.100. The molecule has 0 aromatic heterocycles. The number of amides is 1. The van der Waals surface area contributed by atoms with Gasteiger partial charge in [-0.3, -0.25) is 4.79 Å². The van der Waals surface area contributed by atoms with Crippen LogP contribution in [0, 0.1) is 5.41 Å². The van der Waals surface area contributed by atoms with Crippen molar-refractivity contribution in [1.82, 2.24) is 5.32 Å². The molecule has 1 aliphatic carbocycles. The summed E-state index contributed by atoms with van der Waals surface area (Å²) in [6, 6.07) is 6.67. The highest BCUT2D eigenvalue weighted by Crippen LogP contribution is 2.38. The molecule has 1 saturated carbocycles. The van der Waals surface area contributed by atoms with Crippen LogP contribution in [0.1, 0.15) is 54.4 Å². The Labute approximate surface area is 143 Å². The Bertz CT molecular complexity index is 564. The highest BCUT2D eigenvalue weighted by molar-refractivity contribution is 5.91. The van der Waals surface area contributed by atoms with Crippen LogP contribution in [-0.4, -0.2) is 37.2 Å². The molecule has 0 radical (unpaired) electrons. The van der Waals surface area contributed by atoms with E-state index in [1.54, 1.807) is 25.3 Å². The molecular formula is C19H27NO4. The Morgan fingerprint density at radius 2 is 1.92 bits per heavy atom. The largest absolute Gasteiger partial charge is 0.478 e. The second kappa shape index (κ2) is 8.83. The molecule has 1 aliphatic rings. The Hall–Kier alpha value is -1.88. The molecule has 0 heterocycles. The average molecular weight is 333 g/mol. The van der Waals surface area contributed by atoms with Crippen LogP contribution in [0.5, 0.6) is 0 Å². The second-order valence-electron chi connectivity index (χ2n) is 6.72. The van der Waals surface area contributed by atoms with Crippen molar-refractivity contribution in [2.45, 2.75) is 44.9 Å². The van der Waals surface area contributed by atoms with Crippen LogP contribution < -0.4 is 5.32 Å². The zero-order chi connectivity index (χ0) is 17.4. The maximum atomic E-state index is 12.3. The van der Waals surface area contributed by atoms with Crippen LogP contribution in [0.2, 0.25) is 0 Å². The van der Waals surface area contributed by atoms with Crippen molar-refractivity contribution in [2.75, 3.05) is 20.3 Å². The quantitative estimate of drug-likeness (QED) is 0.767. The molecule has 1 aromatic carbocycles. The molecule has 0 bridgehead atoms. The standard InChI is InChI=1S/C19H27NO4/c1-24-12-11-19(9-5-2-6-10-19)14-20-17(21)13-15-7-3-4-8-16(15)18(22)23/h3-4,7-8H,2,5-6,9-14H2,1H3,(H,20,21)(H,22,23). The predicted molar refractivity (Wildman–Crippen MR) is 92.1 cm³/mol. The zero-order valence-electron chi connectivity index (χ0n) is 14.3. The Balaban J connectivity index is 1.95. The molecule has 1 amide bonds. The molecule has 0 spiro atoms. The van der Waals surface area contributed by atoms with Gasteiger partial charge in [0.2, 0.25) is 5.91 Å². The van der Waals surface area contributed by atoms with Crippen molar-refractivity contribution in [3.8, 4) is 0 Å². The summed E-state index contributed by atoms with van der Waals surface area (Å²) in [5.74, 6) is -1.12. The van der Waals surface area contributed by atoms with Gasteiger partial charge in [-0.1, -0.05) is 37.5 Å². The van der Waals surface area contributed by atoms with Gasteiger partial charge in [0, 0.05) is 20.3 Å². The zero-order valence-corrected chi connectivity index (χ0v) is 14.3. The summed E-state index contributed by atoms with van der Waals surface area (Å²) in [7, 11) is 1.71. The highest BCUT2D eigenvalue weighted by atomic mass is 16.5. The number of nitrogens with one attached hydrogen (secondary N) is 1. The van der Waals surface area contributed by atoms with E-state index >= 15 is 0 Å².